The number of aliphatic carboxylic acids is 1. The van der Waals surface area contributed by atoms with Crippen LogP contribution < -0.4 is 18.9 Å². The zero-order valence-corrected chi connectivity index (χ0v) is 17.8. The van der Waals surface area contributed by atoms with Gasteiger partial charge in [0.2, 0.25) is 5.60 Å². The fraction of sp³-hybridized carbons (Fsp3) is 0.435. The molecular weight excluding hydrogens is 429 g/mol. The zero-order valence-electron chi connectivity index (χ0n) is 17.8. The second-order valence-electron chi connectivity index (χ2n) is 7.79. The third-order valence-electron chi connectivity index (χ3n) is 5.06. The summed E-state index contributed by atoms with van der Waals surface area (Å²) in [6, 6.07) is 9.88. The van der Waals surface area contributed by atoms with Crippen molar-refractivity contribution in [3.63, 3.8) is 0 Å². The SMILES string of the molecule is Cc1cc(OCC(F)(F)F)ccc1OCCCOc1ccc2c(c1)OC(C)(C(=O)O)CC2. The van der Waals surface area contributed by atoms with Crippen LogP contribution in [0, 0.1) is 6.92 Å². The number of carbonyl (C=O) groups is 1. The normalized spacial score (nSPS) is 17.8. The van der Waals surface area contributed by atoms with Crippen LogP contribution in [0.15, 0.2) is 36.4 Å². The quantitative estimate of drug-likeness (QED) is 0.541. The monoisotopic (exact) mass is 454 g/mol. The van der Waals surface area contributed by atoms with Gasteiger partial charge in [-0.05, 0) is 55.7 Å². The van der Waals surface area contributed by atoms with Gasteiger partial charge in [-0.1, -0.05) is 6.07 Å². The molecule has 0 aromatic heterocycles. The van der Waals surface area contributed by atoms with Gasteiger partial charge < -0.3 is 24.1 Å². The molecule has 9 heteroatoms. The molecule has 1 heterocycles. The number of ether oxygens (including phenoxy) is 4. The first-order valence-corrected chi connectivity index (χ1v) is 10.2. The Hall–Kier alpha value is -3.10. The molecule has 1 aliphatic rings. The van der Waals surface area contributed by atoms with Gasteiger partial charge >= 0.3 is 12.1 Å². The maximum atomic E-state index is 12.2. The van der Waals surface area contributed by atoms with Crippen molar-refractivity contribution >= 4 is 5.97 Å². The maximum absolute atomic E-state index is 12.2. The molecule has 0 aliphatic carbocycles. The fourth-order valence-corrected chi connectivity index (χ4v) is 3.21. The highest BCUT2D eigenvalue weighted by Crippen LogP contribution is 2.36. The van der Waals surface area contributed by atoms with E-state index in [-0.39, 0.29) is 5.75 Å². The maximum Gasteiger partial charge on any atom is 0.422 e. The molecule has 32 heavy (non-hydrogen) atoms. The summed E-state index contributed by atoms with van der Waals surface area (Å²) in [5.74, 6) is 0.768. The molecule has 0 fully saturated rings. The topological polar surface area (TPSA) is 74.2 Å². The molecule has 0 radical (unpaired) electrons. The van der Waals surface area contributed by atoms with Gasteiger partial charge in [0.15, 0.2) is 6.61 Å². The van der Waals surface area contributed by atoms with E-state index in [0.717, 1.165) is 5.56 Å². The van der Waals surface area contributed by atoms with Crippen molar-refractivity contribution in [1.82, 2.24) is 0 Å². The van der Waals surface area contributed by atoms with Crippen molar-refractivity contribution in [3.8, 4) is 23.0 Å². The van der Waals surface area contributed by atoms with Crippen LogP contribution in [-0.4, -0.2) is 42.7 Å². The molecule has 2 aromatic carbocycles. The van der Waals surface area contributed by atoms with Crippen LogP contribution in [0.25, 0.3) is 0 Å². The molecule has 3 rings (SSSR count). The van der Waals surface area contributed by atoms with Crippen LogP contribution in [-0.2, 0) is 11.2 Å². The minimum absolute atomic E-state index is 0.129. The lowest BCUT2D eigenvalue weighted by molar-refractivity contribution is -0.155. The second-order valence-corrected chi connectivity index (χ2v) is 7.79. The molecule has 2 aromatic rings. The lowest BCUT2D eigenvalue weighted by Crippen LogP contribution is -2.44. The minimum Gasteiger partial charge on any atom is -0.493 e. The summed E-state index contributed by atoms with van der Waals surface area (Å²) in [4.78, 5) is 11.4. The number of hydrogen-bond donors (Lipinski definition) is 1. The Kier molecular flexibility index (Phi) is 7.06. The predicted molar refractivity (Wildman–Crippen MR) is 110 cm³/mol. The van der Waals surface area contributed by atoms with Crippen molar-refractivity contribution in [1.29, 1.82) is 0 Å². The van der Waals surface area contributed by atoms with Crippen LogP contribution in [0.1, 0.15) is 30.9 Å². The van der Waals surface area contributed by atoms with Crippen LogP contribution in [0.3, 0.4) is 0 Å². The van der Waals surface area contributed by atoms with Crippen LogP contribution in [0.5, 0.6) is 23.0 Å². The lowest BCUT2D eigenvalue weighted by atomic mass is 9.93. The van der Waals surface area contributed by atoms with Gasteiger partial charge in [-0.15, -0.1) is 0 Å². The molecule has 6 nitrogen and oxygen atoms in total. The van der Waals surface area contributed by atoms with Crippen molar-refractivity contribution in [2.75, 3.05) is 19.8 Å². The Morgan fingerprint density at radius 1 is 1.09 bits per heavy atom. The van der Waals surface area contributed by atoms with E-state index in [1.54, 1.807) is 26.0 Å². The number of hydrogen-bond acceptors (Lipinski definition) is 5. The molecule has 0 amide bonds. The first-order valence-electron chi connectivity index (χ1n) is 10.2. The van der Waals surface area contributed by atoms with Crippen molar-refractivity contribution in [3.05, 3.63) is 47.5 Å². The number of halogens is 3. The lowest BCUT2D eigenvalue weighted by Gasteiger charge is -2.32. The fourth-order valence-electron chi connectivity index (χ4n) is 3.21. The third kappa shape index (κ3) is 6.21. The zero-order chi connectivity index (χ0) is 23.4. The highest BCUT2D eigenvalue weighted by molar-refractivity contribution is 5.78. The number of benzene rings is 2. The Labute approximate surface area is 183 Å². The van der Waals surface area contributed by atoms with Gasteiger partial charge in [-0.3, -0.25) is 0 Å². The molecular formula is C23H25F3O6. The molecule has 174 valence electrons. The number of carboxylic acids is 1. The highest BCUT2D eigenvalue weighted by atomic mass is 19.4. The molecule has 0 saturated heterocycles. The minimum atomic E-state index is -4.39. The van der Waals surface area contributed by atoms with Gasteiger partial charge in [-0.25, -0.2) is 4.79 Å². The summed E-state index contributed by atoms with van der Waals surface area (Å²) in [5.41, 5.74) is 0.362. The number of carboxylic acid groups (broad SMARTS) is 1. The largest absolute Gasteiger partial charge is 0.493 e. The molecule has 1 unspecified atom stereocenters. The first kappa shape index (κ1) is 23.6. The van der Waals surface area contributed by atoms with E-state index >= 15 is 0 Å². The van der Waals surface area contributed by atoms with Gasteiger partial charge in [0.05, 0.1) is 13.2 Å². The summed E-state index contributed by atoms with van der Waals surface area (Å²) in [6.45, 7) is 2.65. The molecule has 0 spiro atoms. The highest BCUT2D eigenvalue weighted by Gasteiger charge is 2.39. The van der Waals surface area contributed by atoms with Gasteiger partial charge in [-0.2, -0.15) is 13.2 Å². The van der Waals surface area contributed by atoms with Crippen molar-refractivity contribution in [2.24, 2.45) is 0 Å². The van der Waals surface area contributed by atoms with Gasteiger partial charge in [0.25, 0.3) is 0 Å². The summed E-state index contributed by atoms with van der Waals surface area (Å²) < 4.78 is 58.5. The van der Waals surface area contributed by atoms with E-state index in [1.165, 1.54) is 12.1 Å². The number of rotatable bonds is 9. The van der Waals surface area contributed by atoms with E-state index in [9.17, 15) is 23.1 Å². The molecule has 1 atom stereocenters. The van der Waals surface area contributed by atoms with Gasteiger partial charge in [0, 0.05) is 18.9 Å². The summed E-state index contributed by atoms with van der Waals surface area (Å²) in [7, 11) is 0. The van der Waals surface area contributed by atoms with E-state index in [4.69, 9.17) is 18.9 Å². The number of aryl methyl sites for hydroxylation is 2. The molecule has 1 aliphatic heterocycles. The molecule has 1 N–H and O–H groups in total. The first-order chi connectivity index (χ1) is 15.1. The predicted octanol–water partition coefficient (Wildman–Crippen LogP) is 4.95. The third-order valence-corrected chi connectivity index (χ3v) is 5.06. The number of alkyl halides is 3. The summed E-state index contributed by atoms with van der Waals surface area (Å²) in [5, 5.41) is 9.36. The van der Waals surface area contributed by atoms with Crippen molar-refractivity contribution < 1.29 is 42.0 Å². The Morgan fingerprint density at radius 3 is 2.47 bits per heavy atom. The van der Waals surface area contributed by atoms with E-state index in [0.29, 0.717) is 55.3 Å². The summed E-state index contributed by atoms with van der Waals surface area (Å²) >= 11 is 0. The standard InChI is InChI=1S/C23H25F3O6/c1-15-12-17(31-14-23(24,25)26)6-7-19(15)30-11-3-10-29-18-5-4-16-8-9-22(2,21(27)28)32-20(16)13-18/h4-7,12-13H,3,8-11,14H2,1-2H3,(H,27,28). The van der Waals surface area contributed by atoms with E-state index < -0.39 is 24.4 Å². The van der Waals surface area contributed by atoms with Crippen LogP contribution >= 0.6 is 0 Å². The molecule has 0 saturated carbocycles. The van der Waals surface area contributed by atoms with Crippen molar-refractivity contribution in [2.45, 2.75) is 44.9 Å². The van der Waals surface area contributed by atoms with E-state index in [1.807, 2.05) is 12.1 Å². The van der Waals surface area contributed by atoms with Crippen LogP contribution in [0.2, 0.25) is 0 Å². The second kappa shape index (κ2) is 9.58. The Balaban J connectivity index is 1.45. The van der Waals surface area contributed by atoms with E-state index in [2.05, 4.69) is 0 Å². The molecule has 0 bridgehead atoms. The van der Waals surface area contributed by atoms with Crippen LogP contribution in [0.4, 0.5) is 13.2 Å². The number of fused-ring (bicyclic) bond motifs is 1. The summed E-state index contributed by atoms with van der Waals surface area (Å²) in [6.07, 6.45) is -2.80. The smallest absolute Gasteiger partial charge is 0.422 e. The average molecular weight is 454 g/mol. The van der Waals surface area contributed by atoms with Gasteiger partial charge in [0.1, 0.15) is 23.0 Å². The average Bonchev–Trinajstić information content (AvgIpc) is 2.72. The Morgan fingerprint density at radius 2 is 1.78 bits per heavy atom. The Bertz CT molecular complexity index is 959.